The first-order valence-electron chi connectivity index (χ1n) is 4.23. The maximum Gasteiger partial charge on any atom is 0.156 e. The predicted octanol–water partition coefficient (Wildman–Crippen LogP) is -3.12. The van der Waals surface area contributed by atoms with Crippen LogP contribution in [0, 0.1) is 0 Å². The zero-order valence-electron chi connectivity index (χ0n) is 7.23. The minimum Gasteiger partial charge on any atom is -0.550 e. The van der Waals surface area contributed by atoms with Crippen molar-refractivity contribution in [2.45, 2.75) is 18.9 Å². The minimum absolute atomic E-state index is 0.0173. The molecule has 0 aromatic rings. The summed E-state index contributed by atoms with van der Waals surface area (Å²) < 4.78 is 22.0. The summed E-state index contributed by atoms with van der Waals surface area (Å²) in [6.45, 7) is 0.405. The van der Waals surface area contributed by atoms with E-state index in [2.05, 4.69) is 0 Å². The van der Waals surface area contributed by atoms with E-state index in [0.717, 1.165) is 0 Å². The average molecular weight is 207 g/mol. The Hall–Kier alpha value is -0.620. The predicted molar refractivity (Wildman–Crippen MR) is 43.5 cm³/mol. The van der Waals surface area contributed by atoms with Gasteiger partial charge >= 0.3 is 0 Å². The van der Waals surface area contributed by atoms with E-state index in [9.17, 15) is 18.3 Å². The van der Waals surface area contributed by atoms with Gasteiger partial charge < -0.3 is 15.2 Å². The molecule has 0 bridgehead atoms. The molecule has 1 fully saturated rings. The molecule has 0 aromatic carbocycles. The number of rotatable bonds is 4. The number of quaternary nitrogens is 1. The van der Waals surface area contributed by atoms with Gasteiger partial charge in [0.1, 0.15) is 11.8 Å². The summed E-state index contributed by atoms with van der Waals surface area (Å²) in [7, 11) is -2.84. The normalized spacial score (nSPS) is 26.0. The van der Waals surface area contributed by atoms with Crippen LogP contribution in [0.5, 0.6) is 0 Å². The standard InChI is InChI=1S/C7H13NO4S/c9-7(10)1-3-8-6-2-4-13(11,12)5-6/h6,8H,1-5H2,(H,9,10)/t6-/m0/s1. The minimum atomic E-state index is -2.84. The van der Waals surface area contributed by atoms with Crippen LogP contribution in [0.25, 0.3) is 0 Å². The van der Waals surface area contributed by atoms with Gasteiger partial charge in [0.15, 0.2) is 9.84 Å². The Morgan fingerprint density at radius 1 is 1.54 bits per heavy atom. The molecule has 0 radical (unpaired) electrons. The van der Waals surface area contributed by atoms with Gasteiger partial charge in [0, 0.05) is 18.8 Å². The summed E-state index contributed by atoms with van der Waals surface area (Å²) in [4.78, 5) is 10.1. The first-order valence-corrected chi connectivity index (χ1v) is 6.05. The highest BCUT2D eigenvalue weighted by Gasteiger charge is 2.29. The van der Waals surface area contributed by atoms with Crippen LogP contribution < -0.4 is 10.4 Å². The van der Waals surface area contributed by atoms with E-state index < -0.39 is 15.8 Å². The zero-order chi connectivity index (χ0) is 9.90. The third-order valence-corrected chi connectivity index (χ3v) is 3.91. The number of carbonyl (C=O) groups excluding carboxylic acids is 1. The first kappa shape index (κ1) is 10.5. The summed E-state index contributed by atoms with van der Waals surface area (Å²) in [6.07, 6.45) is 0.617. The Morgan fingerprint density at radius 2 is 2.23 bits per heavy atom. The molecule has 13 heavy (non-hydrogen) atoms. The lowest BCUT2D eigenvalue weighted by atomic mass is 10.2. The molecule has 1 heterocycles. The Labute approximate surface area is 77.1 Å². The number of hydrogen-bond acceptors (Lipinski definition) is 4. The second-order valence-corrected chi connectivity index (χ2v) is 5.54. The number of hydrogen-bond donors (Lipinski definition) is 1. The molecule has 2 N–H and O–H groups in total. The van der Waals surface area contributed by atoms with Gasteiger partial charge in [-0.3, -0.25) is 0 Å². The molecule has 0 amide bonds. The van der Waals surface area contributed by atoms with E-state index in [4.69, 9.17) is 0 Å². The van der Waals surface area contributed by atoms with Gasteiger partial charge in [0.05, 0.1) is 12.3 Å². The molecule has 1 aliphatic heterocycles. The number of aliphatic carboxylic acids is 1. The highest BCUT2D eigenvalue weighted by Crippen LogP contribution is 2.07. The van der Waals surface area contributed by atoms with Crippen LogP contribution in [0.4, 0.5) is 0 Å². The second kappa shape index (κ2) is 4.06. The van der Waals surface area contributed by atoms with E-state index in [1.54, 1.807) is 5.32 Å². The van der Waals surface area contributed by atoms with Crippen molar-refractivity contribution in [1.29, 1.82) is 0 Å². The molecule has 6 heteroatoms. The molecule has 0 unspecified atom stereocenters. The van der Waals surface area contributed by atoms with Crippen molar-refractivity contribution in [3.8, 4) is 0 Å². The Kier molecular flexibility index (Phi) is 3.27. The Balaban J connectivity index is 2.22. The van der Waals surface area contributed by atoms with Gasteiger partial charge in [-0.05, 0) is 0 Å². The summed E-state index contributed by atoms with van der Waals surface area (Å²) in [5.74, 6) is -0.670. The molecular weight excluding hydrogens is 194 g/mol. The summed E-state index contributed by atoms with van der Waals surface area (Å²) >= 11 is 0. The van der Waals surface area contributed by atoms with Crippen molar-refractivity contribution < 1.29 is 23.6 Å². The molecule has 1 atom stereocenters. The fourth-order valence-electron chi connectivity index (χ4n) is 1.45. The third kappa shape index (κ3) is 3.73. The lowest BCUT2D eigenvalue weighted by Gasteiger charge is -2.06. The maximum absolute atomic E-state index is 11.0. The zero-order valence-corrected chi connectivity index (χ0v) is 8.05. The van der Waals surface area contributed by atoms with Crippen LogP contribution in [0.3, 0.4) is 0 Å². The van der Waals surface area contributed by atoms with Crippen LogP contribution in [0.15, 0.2) is 0 Å². The van der Waals surface area contributed by atoms with Crippen LogP contribution in [-0.2, 0) is 14.6 Å². The molecule has 1 aliphatic rings. The lowest BCUT2D eigenvalue weighted by molar-refractivity contribution is -0.683. The molecule has 0 spiro atoms. The monoisotopic (exact) mass is 207 g/mol. The molecule has 0 saturated carbocycles. The highest BCUT2D eigenvalue weighted by atomic mass is 32.2. The third-order valence-electron chi connectivity index (χ3n) is 2.12. The van der Waals surface area contributed by atoms with E-state index >= 15 is 0 Å². The van der Waals surface area contributed by atoms with Gasteiger partial charge in [0.25, 0.3) is 0 Å². The number of nitrogens with two attached hydrogens (primary N) is 1. The van der Waals surface area contributed by atoms with Gasteiger partial charge in [-0.2, -0.15) is 0 Å². The fraction of sp³-hybridized carbons (Fsp3) is 0.857. The van der Waals surface area contributed by atoms with Crippen LogP contribution in [0.1, 0.15) is 12.8 Å². The molecule has 0 aliphatic carbocycles. The second-order valence-electron chi connectivity index (χ2n) is 3.31. The fourth-order valence-corrected chi connectivity index (χ4v) is 3.23. The SMILES string of the molecule is O=C([O-])CC[NH2+][C@H]1CCS(=O)(=O)C1. The average Bonchev–Trinajstić information content (AvgIpc) is 2.29. The highest BCUT2D eigenvalue weighted by molar-refractivity contribution is 7.91. The van der Waals surface area contributed by atoms with Crippen molar-refractivity contribution in [2.75, 3.05) is 18.1 Å². The number of sulfone groups is 1. The first-order chi connectivity index (χ1) is 5.99. The molecule has 0 aromatic heterocycles. The quantitative estimate of drug-likeness (QED) is 0.528. The van der Waals surface area contributed by atoms with Crippen molar-refractivity contribution in [3.05, 3.63) is 0 Å². The van der Waals surface area contributed by atoms with Crippen molar-refractivity contribution in [2.24, 2.45) is 0 Å². The van der Waals surface area contributed by atoms with Crippen molar-refractivity contribution in [1.82, 2.24) is 0 Å². The molecule has 1 saturated heterocycles. The Morgan fingerprint density at radius 3 is 2.69 bits per heavy atom. The van der Waals surface area contributed by atoms with Gasteiger partial charge in [-0.1, -0.05) is 0 Å². The molecule has 1 rings (SSSR count). The topological polar surface area (TPSA) is 90.9 Å². The summed E-state index contributed by atoms with van der Waals surface area (Å²) in [5, 5.41) is 11.8. The molecule has 5 nitrogen and oxygen atoms in total. The van der Waals surface area contributed by atoms with E-state index in [0.29, 0.717) is 13.0 Å². The van der Waals surface area contributed by atoms with Gasteiger partial charge in [0.2, 0.25) is 0 Å². The van der Waals surface area contributed by atoms with E-state index in [-0.39, 0.29) is 24.0 Å². The van der Waals surface area contributed by atoms with E-state index in [1.807, 2.05) is 0 Å². The lowest BCUT2D eigenvalue weighted by Crippen LogP contribution is -2.90. The number of carboxylic acids is 1. The number of carbonyl (C=O) groups is 1. The molecule has 76 valence electrons. The van der Waals surface area contributed by atoms with Gasteiger partial charge in [-0.25, -0.2) is 8.42 Å². The maximum atomic E-state index is 11.0. The van der Waals surface area contributed by atoms with E-state index in [1.165, 1.54) is 0 Å². The van der Waals surface area contributed by atoms with Crippen LogP contribution in [0.2, 0.25) is 0 Å². The smallest absolute Gasteiger partial charge is 0.156 e. The van der Waals surface area contributed by atoms with Crippen molar-refractivity contribution in [3.63, 3.8) is 0 Å². The van der Waals surface area contributed by atoms with Crippen LogP contribution in [-0.4, -0.2) is 38.5 Å². The largest absolute Gasteiger partial charge is 0.550 e. The molecular formula is C7H13NO4S. The number of carboxylic acid groups (broad SMARTS) is 1. The van der Waals surface area contributed by atoms with Gasteiger partial charge in [-0.15, -0.1) is 0 Å². The Bertz CT molecular complexity index is 285. The van der Waals surface area contributed by atoms with Crippen molar-refractivity contribution >= 4 is 15.8 Å². The van der Waals surface area contributed by atoms with Crippen LogP contribution >= 0.6 is 0 Å². The summed E-state index contributed by atoms with van der Waals surface area (Å²) in [5.41, 5.74) is 0. The summed E-state index contributed by atoms with van der Waals surface area (Å²) in [6, 6.07) is 0.0457.